The highest BCUT2D eigenvalue weighted by atomic mass is 16.5. The molecule has 2 heterocycles. The third kappa shape index (κ3) is 3.89. The number of benzene rings is 1. The Morgan fingerprint density at radius 1 is 1.46 bits per heavy atom. The fourth-order valence-corrected chi connectivity index (χ4v) is 3.12. The van der Waals surface area contributed by atoms with E-state index in [4.69, 9.17) is 4.74 Å². The molecular weight excluding hydrogens is 306 g/mol. The van der Waals surface area contributed by atoms with Gasteiger partial charge in [-0.25, -0.2) is 0 Å². The van der Waals surface area contributed by atoms with Crippen LogP contribution in [0.1, 0.15) is 22.5 Å². The van der Waals surface area contributed by atoms with Crippen molar-refractivity contribution in [2.75, 3.05) is 26.7 Å². The van der Waals surface area contributed by atoms with Gasteiger partial charge in [0.2, 0.25) is 0 Å². The number of hydrogen-bond acceptors (Lipinski definition) is 4. The van der Waals surface area contributed by atoms with Crippen LogP contribution in [0.2, 0.25) is 0 Å². The van der Waals surface area contributed by atoms with Gasteiger partial charge < -0.3 is 20.1 Å². The topological polar surface area (TPSA) is 77.6 Å². The van der Waals surface area contributed by atoms with Crippen molar-refractivity contribution in [2.24, 2.45) is 5.92 Å². The summed E-state index contributed by atoms with van der Waals surface area (Å²) in [4.78, 5) is 17.2. The Labute approximate surface area is 141 Å². The standard InChI is InChI=1S/C18H23N3O3/c1-24-17-5-4-13(9-16(17)22)11-21-8-6-14(12-21)10-20-18(23)15-3-2-7-19-15/h2-5,7,9,14,19,22H,6,8,10-12H2,1H3,(H,20,23)/t14-/m0/s1. The maximum absolute atomic E-state index is 11.9. The van der Waals surface area contributed by atoms with E-state index in [9.17, 15) is 9.90 Å². The number of rotatable bonds is 6. The molecule has 1 fully saturated rings. The van der Waals surface area contributed by atoms with Crippen LogP contribution < -0.4 is 10.1 Å². The van der Waals surface area contributed by atoms with Crippen molar-refractivity contribution in [1.82, 2.24) is 15.2 Å². The second-order valence-corrected chi connectivity index (χ2v) is 6.19. The molecule has 0 unspecified atom stereocenters. The van der Waals surface area contributed by atoms with Gasteiger partial charge in [0.15, 0.2) is 11.5 Å². The number of nitrogens with one attached hydrogen (secondary N) is 2. The minimum Gasteiger partial charge on any atom is -0.504 e. The number of phenols is 1. The Bertz CT molecular complexity index is 685. The molecule has 1 aromatic carbocycles. The second-order valence-electron chi connectivity index (χ2n) is 6.19. The molecule has 0 aliphatic carbocycles. The summed E-state index contributed by atoms with van der Waals surface area (Å²) in [6.07, 6.45) is 2.81. The minimum atomic E-state index is -0.0569. The number of amides is 1. The number of hydrogen-bond donors (Lipinski definition) is 3. The van der Waals surface area contributed by atoms with Gasteiger partial charge in [0.25, 0.3) is 5.91 Å². The van der Waals surface area contributed by atoms with E-state index < -0.39 is 0 Å². The third-order valence-electron chi connectivity index (χ3n) is 4.41. The van der Waals surface area contributed by atoms with Crippen LogP contribution >= 0.6 is 0 Å². The maximum Gasteiger partial charge on any atom is 0.267 e. The lowest BCUT2D eigenvalue weighted by atomic mass is 10.1. The number of nitrogens with zero attached hydrogens (tertiary/aromatic N) is 1. The van der Waals surface area contributed by atoms with E-state index in [0.717, 1.165) is 31.6 Å². The molecule has 128 valence electrons. The highest BCUT2D eigenvalue weighted by molar-refractivity contribution is 5.92. The molecule has 0 saturated carbocycles. The summed E-state index contributed by atoms with van der Waals surface area (Å²) in [6.45, 7) is 3.41. The van der Waals surface area contributed by atoms with Crippen LogP contribution in [-0.2, 0) is 6.54 Å². The number of likely N-dealkylation sites (tertiary alicyclic amines) is 1. The number of aromatic hydroxyl groups is 1. The molecule has 1 atom stereocenters. The van der Waals surface area contributed by atoms with E-state index >= 15 is 0 Å². The molecule has 0 spiro atoms. The summed E-state index contributed by atoms with van der Waals surface area (Å²) in [7, 11) is 1.54. The Hall–Kier alpha value is -2.47. The third-order valence-corrected chi connectivity index (χ3v) is 4.41. The van der Waals surface area contributed by atoms with Crippen molar-refractivity contribution >= 4 is 5.91 Å². The predicted octanol–water partition coefficient (Wildman–Crippen LogP) is 1.98. The fourth-order valence-electron chi connectivity index (χ4n) is 3.12. The van der Waals surface area contributed by atoms with E-state index in [1.165, 1.54) is 0 Å². The Kier molecular flexibility index (Phi) is 5.05. The molecule has 3 rings (SSSR count). The molecule has 0 radical (unpaired) electrons. The molecule has 1 aliphatic rings. The lowest BCUT2D eigenvalue weighted by Gasteiger charge is -2.17. The second kappa shape index (κ2) is 7.40. The molecular formula is C18H23N3O3. The number of ether oxygens (including phenoxy) is 1. The minimum absolute atomic E-state index is 0.0569. The van der Waals surface area contributed by atoms with E-state index in [1.54, 1.807) is 31.5 Å². The summed E-state index contributed by atoms with van der Waals surface area (Å²) in [5.74, 6) is 1.06. The molecule has 1 aliphatic heterocycles. The molecule has 2 aromatic rings. The molecule has 0 bridgehead atoms. The van der Waals surface area contributed by atoms with Crippen molar-refractivity contribution < 1.29 is 14.6 Å². The van der Waals surface area contributed by atoms with Crippen molar-refractivity contribution in [3.8, 4) is 11.5 Å². The summed E-state index contributed by atoms with van der Waals surface area (Å²) < 4.78 is 5.07. The Morgan fingerprint density at radius 3 is 3.04 bits per heavy atom. The lowest BCUT2D eigenvalue weighted by molar-refractivity contribution is 0.0943. The first-order valence-electron chi connectivity index (χ1n) is 8.15. The van der Waals surface area contributed by atoms with Crippen molar-refractivity contribution in [2.45, 2.75) is 13.0 Å². The van der Waals surface area contributed by atoms with Gasteiger partial charge in [-0.05, 0) is 48.7 Å². The first-order valence-corrected chi connectivity index (χ1v) is 8.15. The summed E-state index contributed by atoms with van der Waals surface area (Å²) in [5, 5.41) is 12.8. The lowest BCUT2D eigenvalue weighted by Crippen LogP contribution is -2.31. The average molecular weight is 329 g/mol. The quantitative estimate of drug-likeness (QED) is 0.757. The predicted molar refractivity (Wildman–Crippen MR) is 91.2 cm³/mol. The molecule has 6 nitrogen and oxygen atoms in total. The highest BCUT2D eigenvalue weighted by Gasteiger charge is 2.23. The zero-order chi connectivity index (χ0) is 16.9. The molecule has 1 amide bonds. The van der Waals surface area contributed by atoms with Gasteiger partial charge in [0.05, 0.1) is 7.11 Å². The van der Waals surface area contributed by atoms with E-state index in [-0.39, 0.29) is 11.7 Å². The van der Waals surface area contributed by atoms with Crippen molar-refractivity contribution in [3.63, 3.8) is 0 Å². The molecule has 1 saturated heterocycles. The number of aromatic amines is 1. The summed E-state index contributed by atoms with van der Waals surface area (Å²) >= 11 is 0. The first kappa shape index (κ1) is 16.4. The Morgan fingerprint density at radius 2 is 2.33 bits per heavy atom. The normalized spacial score (nSPS) is 17.8. The Balaban J connectivity index is 1.47. The zero-order valence-electron chi connectivity index (χ0n) is 13.8. The van der Waals surface area contributed by atoms with E-state index in [1.807, 2.05) is 12.1 Å². The van der Waals surface area contributed by atoms with Crippen LogP contribution in [0.15, 0.2) is 36.5 Å². The number of carbonyl (C=O) groups is 1. The van der Waals surface area contributed by atoms with Crippen LogP contribution in [0.4, 0.5) is 0 Å². The van der Waals surface area contributed by atoms with Gasteiger partial charge >= 0.3 is 0 Å². The van der Waals surface area contributed by atoms with E-state index in [0.29, 0.717) is 23.9 Å². The van der Waals surface area contributed by atoms with E-state index in [2.05, 4.69) is 15.2 Å². The summed E-state index contributed by atoms with van der Waals surface area (Å²) in [6, 6.07) is 9.09. The van der Waals surface area contributed by atoms with Crippen LogP contribution in [-0.4, -0.2) is 47.6 Å². The van der Waals surface area contributed by atoms with Crippen LogP contribution in [0.3, 0.4) is 0 Å². The SMILES string of the molecule is COc1ccc(CN2CC[C@@H](CNC(=O)c3ccc[nH]3)C2)cc1O. The van der Waals surface area contributed by atoms with Crippen LogP contribution in [0, 0.1) is 5.92 Å². The van der Waals surface area contributed by atoms with Gasteiger partial charge in [-0.3, -0.25) is 9.69 Å². The number of aromatic nitrogens is 1. The molecule has 24 heavy (non-hydrogen) atoms. The van der Waals surface area contributed by atoms with Crippen LogP contribution in [0.25, 0.3) is 0 Å². The van der Waals surface area contributed by atoms with Crippen molar-refractivity contribution in [1.29, 1.82) is 0 Å². The molecule has 3 N–H and O–H groups in total. The van der Waals surface area contributed by atoms with Gasteiger partial charge in [-0.15, -0.1) is 0 Å². The smallest absolute Gasteiger partial charge is 0.267 e. The van der Waals surface area contributed by atoms with Crippen molar-refractivity contribution in [3.05, 3.63) is 47.8 Å². The molecule has 6 heteroatoms. The zero-order valence-corrected chi connectivity index (χ0v) is 13.8. The maximum atomic E-state index is 11.9. The number of methoxy groups -OCH3 is 1. The summed E-state index contributed by atoms with van der Waals surface area (Å²) in [5.41, 5.74) is 1.66. The number of carbonyl (C=O) groups excluding carboxylic acids is 1. The first-order chi connectivity index (χ1) is 11.7. The van der Waals surface area contributed by atoms with Gasteiger partial charge in [-0.2, -0.15) is 0 Å². The van der Waals surface area contributed by atoms with Gasteiger partial charge in [-0.1, -0.05) is 6.07 Å². The van der Waals surface area contributed by atoms with Gasteiger partial charge in [0, 0.05) is 25.8 Å². The largest absolute Gasteiger partial charge is 0.504 e. The average Bonchev–Trinajstić information content (AvgIpc) is 3.25. The monoisotopic (exact) mass is 329 g/mol. The number of H-pyrrole nitrogens is 1. The molecule has 1 aromatic heterocycles. The highest BCUT2D eigenvalue weighted by Crippen LogP contribution is 2.27. The fraction of sp³-hybridized carbons (Fsp3) is 0.389. The number of phenolic OH excluding ortho intramolecular Hbond substituents is 1. The van der Waals surface area contributed by atoms with Crippen LogP contribution in [0.5, 0.6) is 11.5 Å². The van der Waals surface area contributed by atoms with Gasteiger partial charge in [0.1, 0.15) is 5.69 Å².